The molecule has 0 saturated heterocycles. The molecular formula is C23H23ClN6OS. The Labute approximate surface area is 194 Å². The van der Waals surface area contributed by atoms with Crippen molar-refractivity contribution in [2.45, 2.75) is 31.8 Å². The predicted molar refractivity (Wildman–Crippen MR) is 129 cm³/mol. The van der Waals surface area contributed by atoms with Crippen LogP contribution in [0.4, 0.5) is 5.69 Å². The van der Waals surface area contributed by atoms with Crippen LogP contribution in [0.1, 0.15) is 24.6 Å². The lowest BCUT2D eigenvalue weighted by Gasteiger charge is -2.14. The molecule has 32 heavy (non-hydrogen) atoms. The number of fused-ring (bicyclic) bond motifs is 1. The molecule has 0 aliphatic heterocycles. The number of aromatic amines is 1. The van der Waals surface area contributed by atoms with Gasteiger partial charge in [0.15, 0.2) is 10.8 Å². The molecule has 0 bridgehead atoms. The van der Waals surface area contributed by atoms with Crippen molar-refractivity contribution in [2.24, 2.45) is 0 Å². The van der Waals surface area contributed by atoms with Crippen LogP contribution >= 0.6 is 23.4 Å². The van der Waals surface area contributed by atoms with Gasteiger partial charge in [0, 0.05) is 28.6 Å². The molecule has 0 spiro atoms. The molecule has 1 amide bonds. The van der Waals surface area contributed by atoms with Crippen molar-refractivity contribution in [3.05, 3.63) is 70.3 Å². The highest BCUT2D eigenvalue weighted by molar-refractivity contribution is 7.99. The van der Waals surface area contributed by atoms with E-state index >= 15 is 0 Å². The zero-order chi connectivity index (χ0) is 22.7. The number of aryl methyl sites for hydroxylation is 2. The van der Waals surface area contributed by atoms with E-state index in [1.807, 2.05) is 43.3 Å². The number of H-pyrrole nitrogens is 1. The Morgan fingerprint density at radius 1 is 1.25 bits per heavy atom. The van der Waals surface area contributed by atoms with Crippen LogP contribution in [0.15, 0.2) is 53.7 Å². The second-order valence-corrected chi connectivity index (χ2v) is 8.76. The summed E-state index contributed by atoms with van der Waals surface area (Å²) >= 11 is 7.61. The number of nitrogens with zero attached hydrogens (tertiary/aromatic N) is 3. The lowest BCUT2D eigenvalue weighted by molar-refractivity contribution is -0.115. The van der Waals surface area contributed by atoms with Crippen LogP contribution in [0.5, 0.6) is 0 Å². The first-order chi connectivity index (χ1) is 15.5. The van der Waals surface area contributed by atoms with Gasteiger partial charge in [-0.1, -0.05) is 54.6 Å². The van der Waals surface area contributed by atoms with E-state index in [0.29, 0.717) is 33.4 Å². The third kappa shape index (κ3) is 4.56. The van der Waals surface area contributed by atoms with E-state index in [4.69, 9.17) is 17.0 Å². The summed E-state index contributed by atoms with van der Waals surface area (Å²) in [7, 11) is 0. The lowest BCUT2D eigenvalue weighted by atomic mass is 10.1. The highest BCUT2D eigenvalue weighted by Crippen LogP contribution is 2.24. The van der Waals surface area contributed by atoms with E-state index in [9.17, 15) is 4.79 Å². The second kappa shape index (κ2) is 9.58. The van der Waals surface area contributed by atoms with Crippen molar-refractivity contribution in [1.29, 1.82) is 5.41 Å². The number of aromatic nitrogens is 4. The van der Waals surface area contributed by atoms with Crippen molar-refractivity contribution in [3.63, 3.8) is 0 Å². The third-order valence-electron chi connectivity index (χ3n) is 5.08. The molecule has 0 unspecified atom stereocenters. The zero-order valence-corrected chi connectivity index (χ0v) is 19.3. The number of para-hydroxylation sites is 1. The number of hydrogen-bond donors (Lipinski definition) is 3. The first-order valence-corrected chi connectivity index (χ1v) is 11.6. The van der Waals surface area contributed by atoms with E-state index in [1.54, 1.807) is 16.7 Å². The maximum Gasteiger partial charge on any atom is 0.225 e. The summed E-state index contributed by atoms with van der Waals surface area (Å²) in [5.74, 6) is 0.442. The molecule has 9 heteroatoms. The summed E-state index contributed by atoms with van der Waals surface area (Å²) in [6, 6.07) is 15.1. The SMILES string of the molecule is CCc1ccccc1NC(=O)CCSc1nc2n[nH]c(C)c2c(=N)n1-c1cccc(Cl)c1. The van der Waals surface area contributed by atoms with Gasteiger partial charge in [-0.3, -0.25) is 19.9 Å². The molecule has 0 aliphatic carbocycles. The Morgan fingerprint density at radius 2 is 2.06 bits per heavy atom. The molecule has 3 N–H and O–H groups in total. The molecule has 7 nitrogen and oxygen atoms in total. The Morgan fingerprint density at radius 3 is 2.84 bits per heavy atom. The van der Waals surface area contributed by atoms with Crippen LogP contribution in [0, 0.1) is 12.3 Å². The van der Waals surface area contributed by atoms with Crippen molar-refractivity contribution in [1.82, 2.24) is 19.7 Å². The van der Waals surface area contributed by atoms with Crippen molar-refractivity contribution in [3.8, 4) is 5.69 Å². The molecule has 164 valence electrons. The fraction of sp³-hybridized carbons (Fsp3) is 0.217. The van der Waals surface area contributed by atoms with Crippen molar-refractivity contribution in [2.75, 3.05) is 11.1 Å². The molecule has 0 fully saturated rings. The molecule has 0 atom stereocenters. The molecule has 2 heterocycles. The van der Waals surface area contributed by atoms with Gasteiger partial charge in [-0.15, -0.1) is 0 Å². The Hall–Kier alpha value is -3.10. The summed E-state index contributed by atoms with van der Waals surface area (Å²) in [5.41, 5.74) is 4.22. The Bertz CT molecular complexity index is 1350. The predicted octanol–water partition coefficient (Wildman–Crippen LogP) is 4.87. The summed E-state index contributed by atoms with van der Waals surface area (Å²) in [6.45, 7) is 3.93. The summed E-state index contributed by atoms with van der Waals surface area (Å²) in [5, 5.41) is 20.7. The highest BCUT2D eigenvalue weighted by atomic mass is 35.5. The van der Waals surface area contributed by atoms with Gasteiger partial charge < -0.3 is 5.32 Å². The number of thioether (sulfide) groups is 1. The van der Waals surface area contributed by atoms with Gasteiger partial charge in [-0.2, -0.15) is 5.10 Å². The average Bonchev–Trinajstić information content (AvgIpc) is 3.15. The minimum atomic E-state index is -0.0597. The number of carbonyl (C=O) groups excluding carboxylic acids is 1. The van der Waals surface area contributed by atoms with E-state index in [0.717, 1.165) is 29.1 Å². The summed E-state index contributed by atoms with van der Waals surface area (Å²) in [6.07, 6.45) is 1.16. The summed E-state index contributed by atoms with van der Waals surface area (Å²) < 4.78 is 1.74. The highest BCUT2D eigenvalue weighted by Gasteiger charge is 2.16. The number of amides is 1. The summed E-state index contributed by atoms with van der Waals surface area (Å²) in [4.78, 5) is 17.2. The maximum absolute atomic E-state index is 12.5. The van der Waals surface area contributed by atoms with Crippen LogP contribution in [-0.2, 0) is 11.2 Å². The number of nitrogens with one attached hydrogen (secondary N) is 3. The van der Waals surface area contributed by atoms with Gasteiger partial charge in [0.05, 0.1) is 11.1 Å². The second-order valence-electron chi connectivity index (χ2n) is 7.26. The van der Waals surface area contributed by atoms with Crippen LogP contribution in [-0.4, -0.2) is 31.4 Å². The van der Waals surface area contributed by atoms with E-state index in [-0.39, 0.29) is 11.4 Å². The van der Waals surface area contributed by atoms with Gasteiger partial charge in [0.2, 0.25) is 5.91 Å². The normalized spacial score (nSPS) is 11.1. The molecule has 0 saturated carbocycles. The lowest BCUT2D eigenvalue weighted by Crippen LogP contribution is -2.22. The number of benzene rings is 2. The largest absolute Gasteiger partial charge is 0.326 e. The van der Waals surface area contributed by atoms with Gasteiger partial charge in [-0.25, -0.2) is 4.98 Å². The first-order valence-electron chi connectivity index (χ1n) is 10.3. The van der Waals surface area contributed by atoms with E-state index in [1.165, 1.54) is 11.8 Å². The monoisotopic (exact) mass is 466 g/mol. The molecule has 2 aromatic heterocycles. The van der Waals surface area contributed by atoms with E-state index < -0.39 is 0 Å². The smallest absolute Gasteiger partial charge is 0.225 e. The molecule has 2 aromatic carbocycles. The van der Waals surface area contributed by atoms with Gasteiger partial charge >= 0.3 is 0 Å². The minimum absolute atomic E-state index is 0.0597. The number of anilines is 1. The first kappa shape index (κ1) is 22.1. The maximum atomic E-state index is 12.5. The van der Waals surface area contributed by atoms with Gasteiger partial charge in [0.25, 0.3) is 0 Å². The van der Waals surface area contributed by atoms with E-state index in [2.05, 4.69) is 27.4 Å². The van der Waals surface area contributed by atoms with Crippen LogP contribution < -0.4 is 10.8 Å². The topological polar surface area (TPSA) is 99.5 Å². The Kier molecular flexibility index (Phi) is 6.62. The Balaban J connectivity index is 1.58. The van der Waals surface area contributed by atoms with Crippen molar-refractivity contribution < 1.29 is 4.79 Å². The fourth-order valence-electron chi connectivity index (χ4n) is 3.48. The molecule has 4 rings (SSSR count). The van der Waals surface area contributed by atoms with Crippen LogP contribution in [0.2, 0.25) is 5.02 Å². The number of rotatable bonds is 7. The molecular weight excluding hydrogens is 444 g/mol. The van der Waals surface area contributed by atoms with Crippen LogP contribution in [0.3, 0.4) is 0 Å². The average molecular weight is 467 g/mol. The number of carbonyl (C=O) groups is 1. The third-order valence-corrected chi connectivity index (χ3v) is 6.26. The fourth-order valence-corrected chi connectivity index (χ4v) is 4.61. The van der Waals surface area contributed by atoms with Gasteiger partial charge in [0.1, 0.15) is 5.49 Å². The molecule has 0 radical (unpaired) electrons. The standard InChI is InChI=1S/C23H23ClN6OS/c1-3-15-7-4-5-10-18(15)26-19(31)11-12-32-23-27-22-20(14(2)28-29-22)21(25)30(23)17-9-6-8-16(24)13-17/h4-10,13,25H,3,11-12H2,1-2H3,(H,26,31)(H,28,29). The quantitative estimate of drug-likeness (QED) is 0.267. The van der Waals surface area contributed by atoms with Gasteiger partial charge in [-0.05, 0) is 43.2 Å². The number of hydrogen-bond acceptors (Lipinski definition) is 5. The van der Waals surface area contributed by atoms with Crippen LogP contribution in [0.25, 0.3) is 16.7 Å². The zero-order valence-electron chi connectivity index (χ0n) is 17.8. The minimum Gasteiger partial charge on any atom is -0.326 e. The number of halogens is 1. The molecule has 0 aliphatic rings. The van der Waals surface area contributed by atoms with Crippen molar-refractivity contribution >= 4 is 46.0 Å². The molecule has 4 aromatic rings.